The quantitative estimate of drug-likeness (QED) is 0.213. The van der Waals surface area contributed by atoms with Crippen LogP contribution in [-0.2, 0) is 0 Å². The average molecular weight is 86.1 g/mol. The molecule has 24 valence electrons. The van der Waals surface area contributed by atoms with Gasteiger partial charge in [-0.05, 0) is 0 Å². The SMILES string of the molecule is C#C[SiH-]C#C.[Li+]. The Kier molecular flexibility index (Phi) is 13.8. The fourth-order valence-electron chi connectivity index (χ4n) is 0.0481. The van der Waals surface area contributed by atoms with Gasteiger partial charge in [0, 0.05) is 0 Å². The van der Waals surface area contributed by atoms with Crippen molar-refractivity contribution in [3.63, 3.8) is 0 Å². The summed E-state index contributed by atoms with van der Waals surface area (Å²) in [4.78, 5) is 0. The van der Waals surface area contributed by atoms with E-state index in [9.17, 15) is 0 Å². The molecular weight excluding hydrogens is 83.1 g/mol. The second-order valence-corrected chi connectivity index (χ2v) is 1.43. The maximum Gasteiger partial charge on any atom is 1.00 e. The predicted molar refractivity (Wildman–Crippen MR) is 24.8 cm³/mol. The Morgan fingerprint density at radius 1 is 1.17 bits per heavy atom. The molecule has 0 nitrogen and oxygen atoms in total. The van der Waals surface area contributed by atoms with Crippen molar-refractivity contribution >= 4 is 9.52 Å². The number of hydrogen-bond acceptors (Lipinski definition) is 0. The molecule has 0 saturated heterocycles. The van der Waals surface area contributed by atoms with Crippen molar-refractivity contribution < 1.29 is 18.9 Å². The Morgan fingerprint density at radius 3 is 1.50 bits per heavy atom. The van der Waals surface area contributed by atoms with Crippen LogP contribution < -0.4 is 18.9 Å². The Bertz CT molecular complexity index is 72.7. The van der Waals surface area contributed by atoms with Crippen molar-refractivity contribution in [3.8, 4) is 23.9 Å². The van der Waals surface area contributed by atoms with Gasteiger partial charge >= 0.3 is 18.9 Å². The van der Waals surface area contributed by atoms with E-state index in [1.165, 1.54) is 0 Å². The molecule has 0 unspecified atom stereocenters. The molecule has 0 rings (SSSR count). The third-order valence-electron chi connectivity index (χ3n) is 0.167. The van der Waals surface area contributed by atoms with E-state index in [-0.39, 0.29) is 28.4 Å². The van der Waals surface area contributed by atoms with Crippen molar-refractivity contribution in [2.24, 2.45) is 0 Å². The summed E-state index contributed by atoms with van der Waals surface area (Å²) in [5.41, 5.74) is 4.73. The number of rotatable bonds is 0. The van der Waals surface area contributed by atoms with E-state index in [1.54, 1.807) is 0 Å². The molecule has 0 atom stereocenters. The zero-order valence-electron chi connectivity index (χ0n) is 3.73. The largest absolute Gasteiger partial charge is 1.00 e. The van der Waals surface area contributed by atoms with Crippen molar-refractivity contribution in [2.45, 2.75) is 0 Å². The minimum atomic E-state index is -0.130. The Morgan fingerprint density at radius 2 is 1.50 bits per heavy atom. The molecule has 0 N–H and O–H groups in total. The summed E-state index contributed by atoms with van der Waals surface area (Å²) in [7, 11) is -0.130. The van der Waals surface area contributed by atoms with E-state index in [2.05, 4.69) is 11.1 Å². The Balaban J connectivity index is 0. The molecule has 0 bridgehead atoms. The van der Waals surface area contributed by atoms with Gasteiger partial charge in [0.2, 0.25) is 0 Å². The fourth-order valence-corrected chi connectivity index (χ4v) is 0.144. The predicted octanol–water partition coefficient (Wildman–Crippen LogP) is -3.39. The van der Waals surface area contributed by atoms with Gasteiger partial charge in [0.1, 0.15) is 0 Å². The summed E-state index contributed by atoms with van der Waals surface area (Å²) in [5, 5.41) is 0. The summed E-state index contributed by atoms with van der Waals surface area (Å²) in [5.74, 6) is 0. The smallest absolute Gasteiger partial charge is 0.290 e. The van der Waals surface area contributed by atoms with Crippen LogP contribution in [0.1, 0.15) is 0 Å². The average Bonchev–Trinajstić information content (AvgIpc) is 1.41. The molecule has 0 aromatic rings. The van der Waals surface area contributed by atoms with E-state index in [4.69, 9.17) is 12.8 Å². The van der Waals surface area contributed by atoms with Crippen molar-refractivity contribution in [1.29, 1.82) is 0 Å². The summed E-state index contributed by atoms with van der Waals surface area (Å²) in [6.07, 6.45) is 9.57. The molecule has 0 aliphatic rings. The van der Waals surface area contributed by atoms with E-state index < -0.39 is 0 Å². The molecule has 0 fully saturated rings. The maximum atomic E-state index is 4.78. The minimum absolute atomic E-state index is 0. The minimum Gasteiger partial charge on any atom is -0.290 e. The van der Waals surface area contributed by atoms with Crippen LogP contribution in [0.5, 0.6) is 0 Å². The van der Waals surface area contributed by atoms with Crippen LogP contribution in [0.4, 0.5) is 0 Å². The van der Waals surface area contributed by atoms with E-state index in [0.717, 1.165) is 0 Å². The van der Waals surface area contributed by atoms with Gasteiger partial charge in [-0.15, -0.1) is 0 Å². The first-order valence-corrected chi connectivity index (χ1v) is 2.31. The molecule has 0 aliphatic carbocycles. The fraction of sp³-hybridized carbons (Fsp3) is 0. The van der Waals surface area contributed by atoms with Gasteiger partial charge in [0.15, 0.2) is 0 Å². The van der Waals surface area contributed by atoms with Crippen LogP contribution in [0.15, 0.2) is 0 Å². The van der Waals surface area contributed by atoms with Gasteiger partial charge in [-0.3, -0.25) is 11.1 Å². The van der Waals surface area contributed by atoms with Gasteiger partial charge < -0.3 is 0 Å². The zero-order chi connectivity index (χ0) is 4.12. The van der Waals surface area contributed by atoms with E-state index >= 15 is 0 Å². The molecule has 6 heavy (non-hydrogen) atoms. The third-order valence-corrected chi connectivity index (χ3v) is 0.500. The molecule has 2 heteroatoms. The van der Waals surface area contributed by atoms with Crippen LogP contribution in [0.25, 0.3) is 0 Å². The summed E-state index contributed by atoms with van der Waals surface area (Å²) in [6.45, 7) is 0. The molecule has 0 radical (unpaired) electrons. The number of terminal acetylenes is 2. The summed E-state index contributed by atoms with van der Waals surface area (Å²) in [6, 6.07) is 0. The van der Waals surface area contributed by atoms with Crippen LogP contribution in [0.2, 0.25) is 0 Å². The summed E-state index contributed by atoms with van der Waals surface area (Å²) >= 11 is 0. The van der Waals surface area contributed by atoms with Crippen LogP contribution in [0, 0.1) is 23.9 Å². The molecule has 0 heterocycles. The van der Waals surface area contributed by atoms with Gasteiger partial charge in [-0.25, -0.2) is 0 Å². The first-order valence-electron chi connectivity index (χ1n) is 1.15. The molecular formula is C4H3LiSi. The second-order valence-electron chi connectivity index (χ2n) is 0.478. The Hall–Kier alpha value is -0.0657. The van der Waals surface area contributed by atoms with Crippen LogP contribution >= 0.6 is 0 Å². The first kappa shape index (κ1) is 9.33. The van der Waals surface area contributed by atoms with E-state index in [0.29, 0.717) is 0 Å². The molecule has 0 aliphatic heterocycles. The molecule has 0 amide bonds. The van der Waals surface area contributed by atoms with Crippen molar-refractivity contribution in [2.75, 3.05) is 0 Å². The van der Waals surface area contributed by atoms with Gasteiger partial charge in [-0.1, -0.05) is 0 Å². The molecule has 0 saturated carbocycles. The van der Waals surface area contributed by atoms with Crippen molar-refractivity contribution in [1.82, 2.24) is 0 Å². The molecule has 0 spiro atoms. The first-order chi connectivity index (χ1) is 2.41. The summed E-state index contributed by atoms with van der Waals surface area (Å²) < 4.78 is 0. The van der Waals surface area contributed by atoms with Gasteiger partial charge in [-0.2, -0.15) is 22.4 Å². The number of hydrogen-bond donors (Lipinski definition) is 0. The Labute approximate surface area is 52.7 Å². The maximum absolute atomic E-state index is 4.78. The molecule has 0 aromatic carbocycles. The van der Waals surface area contributed by atoms with E-state index in [1.807, 2.05) is 0 Å². The topological polar surface area (TPSA) is 0 Å². The zero-order valence-corrected chi connectivity index (χ0v) is 4.89. The van der Waals surface area contributed by atoms with Crippen LogP contribution in [-0.4, -0.2) is 9.52 Å². The third kappa shape index (κ3) is 9.05. The van der Waals surface area contributed by atoms with Gasteiger partial charge in [0.25, 0.3) is 0 Å². The standard InChI is InChI=1S/C4H3Si.Li/c1-3-5-4-2;/h1-2,5H;/q-1;+1. The van der Waals surface area contributed by atoms with Gasteiger partial charge in [0.05, 0.1) is 0 Å². The van der Waals surface area contributed by atoms with Crippen LogP contribution in [0.3, 0.4) is 0 Å². The molecule has 0 aromatic heterocycles. The van der Waals surface area contributed by atoms with Crippen molar-refractivity contribution in [3.05, 3.63) is 0 Å². The normalized spacial score (nSPS) is 3.00. The monoisotopic (exact) mass is 86.0 g/mol. The second kappa shape index (κ2) is 8.87.